The topological polar surface area (TPSA) is 38.9 Å². The van der Waals surface area contributed by atoms with E-state index in [4.69, 9.17) is 16.0 Å². The van der Waals surface area contributed by atoms with Crippen LogP contribution in [0, 0.1) is 0 Å². The summed E-state index contributed by atoms with van der Waals surface area (Å²) in [6.07, 6.45) is 1.69. The van der Waals surface area contributed by atoms with Crippen LogP contribution < -0.4 is 0 Å². The molecule has 0 saturated heterocycles. The minimum Gasteiger partial charge on any atom is -0.431 e. The molecule has 0 bridgehead atoms. The second-order valence-electron chi connectivity index (χ2n) is 3.49. The first-order chi connectivity index (χ1) is 8.72. The minimum absolute atomic E-state index is 0.535. The van der Waals surface area contributed by atoms with Crippen LogP contribution in [0.4, 0.5) is 0 Å². The molecule has 90 valence electrons. The molecule has 0 N–H and O–H groups in total. The van der Waals surface area contributed by atoms with Crippen LogP contribution in [0.2, 0.25) is 5.02 Å². The first-order valence-electron chi connectivity index (χ1n) is 5.07. The molecule has 0 spiro atoms. The SMILES string of the molecule is Clc1cc(Br)cnc1Sc1nc2ccccc2o1. The Morgan fingerprint density at radius 1 is 1.28 bits per heavy atom. The molecule has 0 amide bonds. The molecule has 0 aliphatic rings. The van der Waals surface area contributed by atoms with Gasteiger partial charge in [-0.2, -0.15) is 0 Å². The van der Waals surface area contributed by atoms with E-state index in [2.05, 4.69) is 25.9 Å². The van der Waals surface area contributed by atoms with Gasteiger partial charge in [-0.1, -0.05) is 23.7 Å². The van der Waals surface area contributed by atoms with Crippen molar-refractivity contribution in [1.29, 1.82) is 0 Å². The Kier molecular flexibility index (Phi) is 3.28. The minimum atomic E-state index is 0.535. The third-order valence-corrected chi connectivity index (χ3v) is 3.93. The van der Waals surface area contributed by atoms with Crippen LogP contribution >= 0.6 is 39.3 Å². The lowest BCUT2D eigenvalue weighted by molar-refractivity contribution is 0.489. The first kappa shape index (κ1) is 12.0. The summed E-state index contributed by atoms with van der Waals surface area (Å²) in [7, 11) is 0. The van der Waals surface area contributed by atoms with Gasteiger partial charge in [0.2, 0.25) is 0 Å². The number of hydrogen-bond donors (Lipinski definition) is 0. The molecule has 0 unspecified atom stereocenters. The van der Waals surface area contributed by atoms with Crippen molar-refractivity contribution >= 4 is 50.4 Å². The van der Waals surface area contributed by atoms with Crippen molar-refractivity contribution in [3.05, 3.63) is 46.0 Å². The van der Waals surface area contributed by atoms with Gasteiger partial charge in [0, 0.05) is 10.7 Å². The van der Waals surface area contributed by atoms with Crippen molar-refractivity contribution < 1.29 is 4.42 Å². The molecule has 2 aromatic heterocycles. The fraction of sp³-hybridized carbons (Fsp3) is 0. The van der Waals surface area contributed by atoms with Crippen molar-refractivity contribution in [2.45, 2.75) is 10.2 Å². The van der Waals surface area contributed by atoms with Crippen molar-refractivity contribution in [3.63, 3.8) is 0 Å². The second-order valence-corrected chi connectivity index (χ2v) is 5.75. The smallest absolute Gasteiger partial charge is 0.263 e. The monoisotopic (exact) mass is 340 g/mol. The predicted octanol–water partition coefficient (Wildman–Crippen LogP) is 4.79. The number of para-hydroxylation sites is 2. The maximum absolute atomic E-state index is 6.10. The van der Waals surface area contributed by atoms with Crippen LogP contribution in [-0.4, -0.2) is 9.97 Å². The summed E-state index contributed by atoms with van der Waals surface area (Å²) in [5.41, 5.74) is 1.58. The maximum Gasteiger partial charge on any atom is 0.263 e. The van der Waals surface area contributed by atoms with Crippen LogP contribution in [-0.2, 0) is 0 Å². The molecule has 3 rings (SSSR count). The Morgan fingerprint density at radius 2 is 2.11 bits per heavy atom. The summed E-state index contributed by atoms with van der Waals surface area (Å²) in [6, 6.07) is 9.40. The highest BCUT2D eigenvalue weighted by Gasteiger charge is 2.10. The average Bonchev–Trinajstić information content (AvgIpc) is 2.75. The van der Waals surface area contributed by atoms with Crippen LogP contribution in [0.3, 0.4) is 0 Å². The number of aromatic nitrogens is 2. The molecule has 0 fully saturated rings. The molecule has 6 heteroatoms. The van der Waals surface area contributed by atoms with Crippen molar-refractivity contribution in [2.24, 2.45) is 0 Å². The summed E-state index contributed by atoms with van der Waals surface area (Å²) >= 11 is 10.7. The summed E-state index contributed by atoms with van der Waals surface area (Å²) in [5, 5.41) is 1.77. The molecule has 0 atom stereocenters. The van der Waals surface area contributed by atoms with Gasteiger partial charge in [0.1, 0.15) is 10.5 Å². The lowest BCUT2D eigenvalue weighted by Crippen LogP contribution is -1.81. The zero-order valence-electron chi connectivity index (χ0n) is 8.93. The van der Waals surface area contributed by atoms with Crippen molar-refractivity contribution in [1.82, 2.24) is 9.97 Å². The number of rotatable bonds is 2. The first-order valence-corrected chi connectivity index (χ1v) is 7.05. The van der Waals surface area contributed by atoms with Gasteiger partial charge in [-0.3, -0.25) is 0 Å². The molecular weight excluding hydrogens is 336 g/mol. The van der Waals surface area contributed by atoms with Crippen LogP contribution in [0.5, 0.6) is 0 Å². The summed E-state index contributed by atoms with van der Waals surface area (Å²) in [4.78, 5) is 8.58. The van der Waals surface area contributed by atoms with E-state index in [1.54, 1.807) is 12.3 Å². The Bertz CT molecular complexity index is 683. The quantitative estimate of drug-likeness (QED) is 0.672. The van der Waals surface area contributed by atoms with Crippen LogP contribution in [0.25, 0.3) is 11.1 Å². The van der Waals surface area contributed by atoms with Gasteiger partial charge in [-0.25, -0.2) is 9.97 Å². The predicted molar refractivity (Wildman–Crippen MR) is 75.1 cm³/mol. The van der Waals surface area contributed by atoms with E-state index >= 15 is 0 Å². The van der Waals surface area contributed by atoms with Gasteiger partial charge in [0.05, 0.1) is 5.02 Å². The normalized spacial score (nSPS) is 11.0. The molecule has 0 saturated carbocycles. The number of halogens is 2. The molecule has 2 heterocycles. The largest absolute Gasteiger partial charge is 0.431 e. The standard InChI is InChI=1S/C12H6BrClN2OS/c13-7-5-8(14)11(15-6-7)18-12-16-9-3-1-2-4-10(9)17-12/h1-6H. The van der Waals surface area contributed by atoms with Crippen molar-refractivity contribution in [3.8, 4) is 0 Å². The summed E-state index contributed by atoms with van der Waals surface area (Å²) < 4.78 is 6.44. The Labute approximate surface area is 121 Å². The van der Waals surface area contributed by atoms with E-state index in [9.17, 15) is 0 Å². The lowest BCUT2D eigenvalue weighted by atomic mass is 10.3. The summed E-state index contributed by atoms with van der Waals surface area (Å²) in [6.45, 7) is 0. The maximum atomic E-state index is 6.10. The molecule has 0 aliphatic carbocycles. The van der Waals surface area contributed by atoms with Crippen molar-refractivity contribution in [2.75, 3.05) is 0 Å². The molecule has 18 heavy (non-hydrogen) atoms. The zero-order valence-corrected chi connectivity index (χ0v) is 12.1. The fourth-order valence-electron chi connectivity index (χ4n) is 1.45. The van der Waals surface area contributed by atoms with Gasteiger partial charge < -0.3 is 4.42 Å². The van der Waals surface area contributed by atoms with Gasteiger partial charge in [0.15, 0.2) is 5.58 Å². The van der Waals surface area contributed by atoms with Gasteiger partial charge >= 0.3 is 0 Å². The number of pyridine rings is 1. The Hall–Kier alpha value is -1.04. The summed E-state index contributed by atoms with van der Waals surface area (Å²) in [5.74, 6) is 0. The molecule has 0 aliphatic heterocycles. The highest BCUT2D eigenvalue weighted by molar-refractivity contribution is 9.10. The van der Waals surface area contributed by atoms with E-state index in [-0.39, 0.29) is 0 Å². The third-order valence-electron chi connectivity index (χ3n) is 2.23. The van der Waals surface area contributed by atoms with E-state index in [0.717, 1.165) is 15.6 Å². The molecule has 3 aromatic rings. The average molecular weight is 342 g/mol. The fourth-order valence-corrected chi connectivity index (χ4v) is 2.90. The number of oxazole rings is 1. The third kappa shape index (κ3) is 2.39. The van der Waals surface area contributed by atoms with Gasteiger partial charge in [0.25, 0.3) is 5.22 Å². The van der Waals surface area contributed by atoms with E-state index in [1.807, 2.05) is 24.3 Å². The molecular formula is C12H6BrClN2OS. The molecule has 3 nitrogen and oxygen atoms in total. The Morgan fingerprint density at radius 3 is 2.89 bits per heavy atom. The number of benzene rings is 1. The second kappa shape index (κ2) is 4.91. The van der Waals surface area contributed by atoms with E-state index in [0.29, 0.717) is 15.3 Å². The highest BCUT2D eigenvalue weighted by Crippen LogP contribution is 2.33. The number of hydrogen-bond acceptors (Lipinski definition) is 4. The molecule has 0 radical (unpaired) electrons. The zero-order chi connectivity index (χ0) is 12.5. The Balaban J connectivity index is 1.96. The highest BCUT2D eigenvalue weighted by atomic mass is 79.9. The van der Waals surface area contributed by atoms with Crippen LogP contribution in [0.1, 0.15) is 0 Å². The number of nitrogens with zero attached hydrogens (tertiary/aromatic N) is 2. The lowest BCUT2D eigenvalue weighted by Gasteiger charge is -1.99. The van der Waals surface area contributed by atoms with E-state index < -0.39 is 0 Å². The number of fused-ring (bicyclic) bond motifs is 1. The van der Waals surface area contributed by atoms with Gasteiger partial charge in [-0.05, 0) is 45.9 Å². The molecule has 1 aromatic carbocycles. The van der Waals surface area contributed by atoms with E-state index in [1.165, 1.54) is 11.8 Å². The van der Waals surface area contributed by atoms with Gasteiger partial charge in [-0.15, -0.1) is 0 Å². The van der Waals surface area contributed by atoms with Crippen LogP contribution in [0.15, 0.2) is 55.7 Å².